The number of hydrogen-bond donors (Lipinski definition) is 1. The normalized spacial score (nSPS) is 12.8. The molecule has 126 valence electrons. The van der Waals surface area contributed by atoms with Crippen molar-refractivity contribution in [1.82, 2.24) is 0 Å². The fourth-order valence-electron chi connectivity index (χ4n) is 2.27. The smallest absolute Gasteiger partial charge is 0.234 e. The van der Waals surface area contributed by atoms with Gasteiger partial charge in [-0.3, -0.25) is 4.79 Å². The van der Waals surface area contributed by atoms with Crippen LogP contribution in [-0.4, -0.2) is 24.9 Å². The van der Waals surface area contributed by atoms with Crippen LogP contribution in [0.15, 0.2) is 36.4 Å². The zero-order chi connectivity index (χ0) is 16.9. The predicted molar refractivity (Wildman–Crippen MR) is 93.6 cm³/mol. The van der Waals surface area contributed by atoms with Crippen LogP contribution < -0.4 is 14.8 Å². The summed E-state index contributed by atoms with van der Waals surface area (Å²) in [6.07, 6.45) is 0. The second-order valence-electron chi connectivity index (χ2n) is 5.15. The quantitative estimate of drug-likeness (QED) is 0.863. The van der Waals surface area contributed by atoms with Crippen molar-refractivity contribution in [3.05, 3.63) is 52.8 Å². The summed E-state index contributed by atoms with van der Waals surface area (Å²) in [6.45, 7) is 0.983. The van der Waals surface area contributed by atoms with Gasteiger partial charge in [-0.05, 0) is 35.9 Å². The van der Waals surface area contributed by atoms with Gasteiger partial charge < -0.3 is 14.8 Å². The number of thioether (sulfide) groups is 1. The molecule has 1 heterocycles. The monoisotopic (exact) mass is 367 g/mol. The average Bonchev–Trinajstić information content (AvgIpc) is 2.55. The predicted octanol–water partition coefficient (Wildman–Crippen LogP) is 4.12. The van der Waals surface area contributed by atoms with Crippen LogP contribution in [-0.2, 0) is 10.5 Å². The van der Waals surface area contributed by atoms with Gasteiger partial charge in [0.25, 0.3) is 0 Å². The average molecular weight is 368 g/mol. The maximum Gasteiger partial charge on any atom is 0.234 e. The van der Waals surface area contributed by atoms with Gasteiger partial charge in [-0.25, -0.2) is 4.39 Å². The van der Waals surface area contributed by atoms with E-state index < -0.39 is 0 Å². The van der Waals surface area contributed by atoms with Gasteiger partial charge in [0, 0.05) is 11.4 Å². The van der Waals surface area contributed by atoms with E-state index >= 15 is 0 Å². The SMILES string of the molecule is O=C(CSCc1cc(Cl)c2c(c1)OCCO2)Nc1cccc(F)c1. The first-order valence-electron chi connectivity index (χ1n) is 7.33. The highest BCUT2D eigenvalue weighted by atomic mass is 35.5. The van der Waals surface area contributed by atoms with Crippen molar-refractivity contribution < 1.29 is 18.7 Å². The number of benzene rings is 2. The molecular weight excluding hydrogens is 353 g/mol. The molecule has 0 aromatic heterocycles. The van der Waals surface area contributed by atoms with Gasteiger partial charge in [0.2, 0.25) is 5.91 Å². The van der Waals surface area contributed by atoms with Crippen molar-refractivity contribution in [2.75, 3.05) is 24.3 Å². The van der Waals surface area contributed by atoms with Crippen LogP contribution in [0.4, 0.5) is 10.1 Å². The van der Waals surface area contributed by atoms with Gasteiger partial charge in [0.05, 0.1) is 10.8 Å². The molecule has 1 N–H and O–H groups in total. The lowest BCUT2D eigenvalue weighted by Gasteiger charge is -2.20. The molecule has 7 heteroatoms. The van der Waals surface area contributed by atoms with Crippen molar-refractivity contribution in [1.29, 1.82) is 0 Å². The Hall–Kier alpha value is -1.92. The number of hydrogen-bond acceptors (Lipinski definition) is 4. The summed E-state index contributed by atoms with van der Waals surface area (Å²) in [5, 5.41) is 3.17. The number of rotatable bonds is 5. The lowest BCUT2D eigenvalue weighted by atomic mass is 10.2. The molecule has 24 heavy (non-hydrogen) atoms. The van der Waals surface area contributed by atoms with Crippen LogP contribution in [0.5, 0.6) is 11.5 Å². The highest BCUT2D eigenvalue weighted by Crippen LogP contribution is 2.39. The first-order valence-corrected chi connectivity index (χ1v) is 8.86. The highest BCUT2D eigenvalue weighted by Gasteiger charge is 2.16. The van der Waals surface area contributed by atoms with E-state index in [0.29, 0.717) is 41.2 Å². The Kier molecular flexibility index (Phi) is 5.48. The Morgan fingerprint density at radius 1 is 1.25 bits per heavy atom. The first-order chi connectivity index (χ1) is 11.6. The Labute approximate surface area is 148 Å². The van der Waals surface area contributed by atoms with Crippen LogP contribution in [0.2, 0.25) is 5.02 Å². The number of carbonyl (C=O) groups excluding carboxylic acids is 1. The van der Waals surface area contributed by atoms with Crippen LogP contribution in [0.3, 0.4) is 0 Å². The largest absolute Gasteiger partial charge is 0.486 e. The van der Waals surface area contributed by atoms with Crippen molar-refractivity contribution in [2.45, 2.75) is 5.75 Å². The van der Waals surface area contributed by atoms with Crippen LogP contribution in [0.1, 0.15) is 5.56 Å². The van der Waals surface area contributed by atoms with Crippen LogP contribution in [0, 0.1) is 5.82 Å². The second-order valence-corrected chi connectivity index (χ2v) is 6.55. The molecule has 0 bridgehead atoms. The fourth-order valence-corrected chi connectivity index (χ4v) is 3.32. The van der Waals surface area contributed by atoms with Crippen LogP contribution >= 0.6 is 23.4 Å². The molecule has 4 nitrogen and oxygen atoms in total. The molecule has 2 aromatic carbocycles. The molecule has 0 unspecified atom stereocenters. The highest BCUT2D eigenvalue weighted by molar-refractivity contribution is 7.99. The van der Waals surface area contributed by atoms with Crippen molar-refractivity contribution in [3.63, 3.8) is 0 Å². The number of amides is 1. The van der Waals surface area contributed by atoms with E-state index in [1.54, 1.807) is 12.1 Å². The lowest BCUT2D eigenvalue weighted by molar-refractivity contribution is -0.113. The Bertz CT molecular complexity index is 757. The molecule has 0 radical (unpaired) electrons. The molecule has 0 atom stereocenters. The summed E-state index contributed by atoms with van der Waals surface area (Å²) >= 11 is 7.62. The molecule has 0 fully saturated rings. The lowest BCUT2D eigenvalue weighted by Crippen LogP contribution is -2.16. The summed E-state index contributed by atoms with van der Waals surface area (Å²) in [6, 6.07) is 9.49. The van der Waals surface area contributed by atoms with Gasteiger partial charge in [0.15, 0.2) is 11.5 Å². The number of anilines is 1. The molecule has 0 saturated carbocycles. The van der Waals surface area contributed by atoms with E-state index in [-0.39, 0.29) is 17.5 Å². The van der Waals surface area contributed by atoms with E-state index in [4.69, 9.17) is 21.1 Å². The van der Waals surface area contributed by atoms with E-state index in [1.165, 1.54) is 23.9 Å². The van der Waals surface area contributed by atoms with Crippen molar-refractivity contribution >= 4 is 35.0 Å². The standard InChI is InChI=1S/C17H15ClFNO3S/c18-14-6-11(7-15-17(14)23-5-4-22-15)9-24-10-16(21)20-13-3-1-2-12(19)8-13/h1-3,6-8H,4-5,9-10H2,(H,20,21). The number of fused-ring (bicyclic) bond motifs is 1. The second kappa shape index (κ2) is 7.77. The Balaban J connectivity index is 1.53. The zero-order valence-electron chi connectivity index (χ0n) is 12.7. The summed E-state index contributed by atoms with van der Waals surface area (Å²) < 4.78 is 24.1. The van der Waals surface area contributed by atoms with Gasteiger partial charge in [-0.2, -0.15) is 0 Å². The summed E-state index contributed by atoms with van der Waals surface area (Å²) in [5.41, 5.74) is 1.40. The molecule has 1 aliphatic rings. The number of halogens is 2. The molecule has 1 amide bonds. The molecular formula is C17H15ClFNO3S. The third kappa shape index (κ3) is 4.33. The maximum atomic E-state index is 13.1. The first kappa shape index (κ1) is 16.9. The van der Waals surface area contributed by atoms with E-state index in [0.717, 1.165) is 5.56 Å². The van der Waals surface area contributed by atoms with Gasteiger partial charge in [0.1, 0.15) is 19.0 Å². The Morgan fingerprint density at radius 3 is 2.92 bits per heavy atom. The summed E-state index contributed by atoms with van der Waals surface area (Å²) in [4.78, 5) is 11.9. The number of ether oxygens (including phenoxy) is 2. The van der Waals surface area contributed by atoms with E-state index in [2.05, 4.69) is 5.32 Å². The molecule has 0 saturated heterocycles. The molecule has 3 rings (SSSR count). The summed E-state index contributed by atoms with van der Waals surface area (Å²) in [5.74, 6) is 1.49. The number of carbonyl (C=O) groups is 1. The molecule has 0 spiro atoms. The minimum atomic E-state index is -0.383. The topological polar surface area (TPSA) is 47.6 Å². The van der Waals surface area contributed by atoms with Crippen molar-refractivity contribution in [3.8, 4) is 11.5 Å². The third-order valence-corrected chi connectivity index (χ3v) is 4.55. The number of nitrogens with one attached hydrogen (secondary N) is 1. The zero-order valence-corrected chi connectivity index (χ0v) is 14.3. The maximum absolute atomic E-state index is 13.1. The van der Waals surface area contributed by atoms with Gasteiger partial charge in [-0.1, -0.05) is 17.7 Å². The minimum absolute atomic E-state index is 0.186. The van der Waals surface area contributed by atoms with E-state index in [1.807, 2.05) is 12.1 Å². The Morgan fingerprint density at radius 2 is 2.08 bits per heavy atom. The minimum Gasteiger partial charge on any atom is -0.486 e. The molecule has 0 aliphatic carbocycles. The molecule has 2 aromatic rings. The third-order valence-electron chi connectivity index (χ3n) is 3.27. The fraction of sp³-hybridized carbons (Fsp3) is 0.235. The van der Waals surface area contributed by atoms with Gasteiger partial charge in [-0.15, -0.1) is 11.8 Å². The van der Waals surface area contributed by atoms with Crippen LogP contribution in [0.25, 0.3) is 0 Å². The summed E-state index contributed by atoms with van der Waals surface area (Å²) in [7, 11) is 0. The van der Waals surface area contributed by atoms with E-state index in [9.17, 15) is 9.18 Å². The molecule has 1 aliphatic heterocycles. The van der Waals surface area contributed by atoms with Gasteiger partial charge >= 0.3 is 0 Å². The van der Waals surface area contributed by atoms with Crippen molar-refractivity contribution in [2.24, 2.45) is 0 Å².